The molecule has 7 nitrogen and oxygen atoms in total. The lowest BCUT2D eigenvalue weighted by Crippen LogP contribution is -2.31. The molecule has 182 valence electrons. The Kier molecular flexibility index (Phi) is 7.51. The predicted molar refractivity (Wildman–Crippen MR) is 140 cm³/mol. The summed E-state index contributed by atoms with van der Waals surface area (Å²) in [6.45, 7) is 0.628. The van der Waals surface area contributed by atoms with Crippen LogP contribution in [0.5, 0.6) is 11.5 Å². The molecule has 0 aliphatic heterocycles. The number of carbonyl (C=O) groups is 1. The molecule has 0 unspecified atom stereocenters. The summed E-state index contributed by atoms with van der Waals surface area (Å²) in [7, 11) is 7.04. The number of aromatic nitrogens is 1. The first-order chi connectivity index (χ1) is 16.9. The second-order valence-corrected chi connectivity index (χ2v) is 9.11. The summed E-state index contributed by atoms with van der Waals surface area (Å²) in [5.74, 6) is 2.36. The van der Waals surface area contributed by atoms with Crippen LogP contribution < -0.4 is 14.4 Å². The third-order valence-electron chi connectivity index (χ3n) is 5.72. The van der Waals surface area contributed by atoms with E-state index in [4.69, 9.17) is 18.9 Å². The van der Waals surface area contributed by atoms with Gasteiger partial charge >= 0.3 is 0 Å². The van der Waals surface area contributed by atoms with Gasteiger partial charge in [-0.05, 0) is 54.8 Å². The van der Waals surface area contributed by atoms with Crippen molar-refractivity contribution < 1.29 is 18.7 Å². The summed E-state index contributed by atoms with van der Waals surface area (Å²) >= 11 is 1.68. The van der Waals surface area contributed by atoms with Crippen LogP contribution in [0.4, 0.5) is 5.82 Å². The molecule has 0 aliphatic carbocycles. The van der Waals surface area contributed by atoms with Gasteiger partial charge in [0.2, 0.25) is 0 Å². The summed E-state index contributed by atoms with van der Waals surface area (Å²) in [5.41, 5.74) is 2.27. The number of amides is 1. The molecule has 2 aromatic heterocycles. The standard InChI is InChI=1S/C27H29N3O4S/c1-29(2)26-19(13-18-8-10-22(35-5)15-24(18)28-26)16-30(17-21-7-6-12-34-21)27(31)23-14-20(32-3)9-11-25(23)33-4/h6-15H,16-17H2,1-5H3. The average molecular weight is 492 g/mol. The van der Waals surface area contributed by atoms with Crippen LogP contribution in [0.2, 0.25) is 0 Å². The molecule has 1 amide bonds. The number of thioether (sulfide) groups is 1. The smallest absolute Gasteiger partial charge is 0.258 e. The van der Waals surface area contributed by atoms with E-state index in [1.165, 1.54) is 0 Å². The van der Waals surface area contributed by atoms with Crippen LogP contribution in [0.15, 0.2) is 70.2 Å². The number of furan rings is 1. The first-order valence-corrected chi connectivity index (χ1v) is 12.3. The molecule has 0 bridgehead atoms. The zero-order chi connectivity index (χ0) is 24.9. The second-order valence-electron chi connectivity index (χ2n) is 8.23. The molecule has 0 saturated heterocycles. The third-order valence-corrected chi connectivity index (χ3v) is 6.44. The maximum atomic E-state index is 13.9. The minimum atomic E-state index is -0.195. The Morgan fingerprint density at radius 2 is 1.86 bits per heavy atom. The predicted octanol–water partition coefficient (Wildman–Crippen LogP) is 5.48. The summed E-state index contributed by atoms with van der Waals surface area (Å²) < 4.78 is 16.4. The van der Waals surface area contributed by atoms with Crippen molar-refractivity contribution in [3.05, 3.63) is 77.7 Å². The third kappa shape index (κ3) is 5.38. The van der Waals surface area contributed by atoms with Gasteiger partial charge in [-0.15, -0.1) is 11.8 Å². The fourth-order valence-corrected chi connectivity index (χ4v) is 4.39. The van der Waals surface area contributed by atoms with Gasteiger partial charge in [0.25, 0.3) is 5.91 Å². The van der Waals surface area contributed by atoms with Crippen molar-refractivity contribution in [1.29, 1.82) is 0 Å². The van der Waals surface area contributed by atoms with Gasteiger partial charge in [-0.1, -0.05) is 6.07 Å². The largest absolute Gasteiger partial charge is 0.497 e. The molecule has 0 atom stereocenters. The van der Waals surface area contributed by atoms with Crippen LogP contribution in [0.1, 0.15) is 21.7 Å². The van der Waals surface area contributed by atoms with Crippen molar-refractivity contribution in [2.45, 2.75) is 18.0 Å². The van der Waals surface area contributed by atoms with Gasteiger partial charge in [-0.2, -0.15) is 0 Å². The number of fused-ring (bicyclic) bond motifs is 1. The lowest BCUT2D eigenvalue weighted by Gasteiger charge is -2.26. The Hall–Kier alpha value is -3.65. The molecule has 0 aliphatic rings. The Labute approximate surface area is 209 Å². The molecule has 0 spiro atoms. The van der Waals surface area contributed by atoms with Crippen LogP contribution in [0.25, 0.3) is 10.9 Å². The van der Waals surface area contributed by atoms with Crippen LogP contribution >= 0.6 is 11.8 Å². The molecule has 2 aromatic carbocycles. The van der Waals surface area contributed by atoms with Crippen LogP contribution in [0.3, 0.4) is 0 Å². The maximum absolute atomic E-state index is 13.9. The number of hydrogen-bond donors (Lipinski definition) is 0. The lowest BCUT2D eigenvalue weighted by molar-refractivity contribution is 0.0714. The Morgan fingerprint density at radius 1 is 1.03 bits per heavy atom. The maximum Gasteiger partial charge on any atom is 0.258 e. The first-order valence-electron chi connectivity index (χ1n) is 11.1. The number of benzene rings is 2. The van der Waals surface area contributed by atoms with E-state index in [1.807, 2.05) is 37.4 Å². The molecule has 0 radical (unpaired) electrons. The number of rotatable bonds is 9. The van der Waals surface area contributed by atoms with Gasteiger partial charge in [0.15, 0.2) is 0 Å². The molecule has 0 fully saturated rings. The Morgan fingerprint density at radius 3 is 2.51 bits per heavy atom. The van der Waals surface area contributed by atoms with E-state index in [0.717, 1.165) is 27.2 Å². The van der Waals surface area contributed by atoms with Crippen molar-refractivity contribution in [3.8, 4) is 11.5 Å². The van der Waals surface area contributed by atoms with Crippen molar-refractivity contribution in [2.75, 3.05) is 39.5 Å². The van der Waals surface area contributed by atoms with E-state index in [1.54, 1.807) is 55.3 Å². The average Bonchev–Trinajstić information content (AvgIpc) is 3.39. The lowest BCUT2D eigenvalue weighted by atomic mass is 10.1. The van der Waals surface area contributed by atoms with Gasteiger partial charge in [-0.3, -0.25) is 4.79 Å². The number of carbonyl (C=O) groups excluding carboxylic acids is 1. The zero-order valence-corrected chi connectivity index (χ0v) is 21.4. The number of nitrogens with zero attached hydrogens (tertiary/aromatic N) is 3. The number of ether oxygens (including phenoxy) is 2. The number of hydrogen-bond acceptors (Lipinski definition) is 7. The highest BCUT2D eigenvalue weighted by Gasteiger charge is 2.24. The van der Waals surface area contributed by atoms with Crippen molar-refractivity contribution in [3.63, 3.8) is 0 Å². The molecular weight excluding hydrogens is 462 g/mol. The van der Waals surface area contributed by atoms with Crippen molar-refractivity contribution in [1.82, 2.24) is 9.88 Å². The van der Waals surface area contributed by atoms with Crippen LogP contribution in [-0.2, 0) is 13.1 Å². The van der Waals surface area contributed by atoms with Crippen LogP contribution in [0, 0.1) is 0 Å². The van der Waals surface area contributed by atoms with Crippen molar-refractivity contribution in [2.24, 2.45) is 0 Å². The van der Waals surface area contributed by atoms with Crippen molar-refractivity contribution >= 4 is 34.4 Å². The Bertz CT molecular complexity index is 1320. The molecule has 0 N–H and O–H groups in total. The molecule has 4 aromatic rings. The number of anilines is 1. The van der Waals surface area contributed by atoms with Crippen LogP contribution in [-0.4, -0.2) is 50.4 Å². The van der Waals surface area contributed by atoms with E-state index in [-0.39, 0.29) is 5.91 Å². The number of pyridine rings is 1. The van der Waals surface area contributed by atoms with Gasteiger partial charge in [0.05, 0.1) is 44.7 Å². The van der Waals surface area contributed by atoms with E-state index in [9.17, 15) is 4.79 Å². The fraction of sp³-hybridized carbons (Fsp3) is 0.259. The molecule has 2 heterocycles. The summed E-state index contributed by atoms with van der Waals surface area (Å²) in [5, 5.41) is 1.02. The molecule has 0 saturated carbocycles. The monoisotopic (exact) mass is 491 g/mol. The molecular formula is C27H29N3O4S. The summed E-state index contributed by atoms with van der Waals surface area (Å²) in [6.07, 6.45) is 3.66. The first kappa shape index (κ1) is 24.5. The SMILES string of the molecule is COc1ccc(OC)c(C(=O)N(Cc2ccco2)Cc2cc3ccc(SC)cc3nc2N(C)C)c1. The topological polar surface area (TPSA) is 68.0 Å². The molecule has 4 rings (SSSR count). The zero-order valence-electron chi connectivity index (χ0n) is 20.6. The minimum Gasteiger partial charge on any atom is -0.497 e. The highest BCUT2D eigenvalue weighted by Crippen LogP contribution is 2.30. The highest BCUT2D eigenvalue weighted by atomic mass is 32.2. The van der Waals surface area contributed by atoms with Gasteiger partial charge in [0.1, 0.15) is 23.1 Å². The van der Waals surface area contributed by atoms with E-state index in [2.05, 4.69) is 24.3 Å². The van der Waals surface area contributed by atoms with Gasteiger partial charge in [-0.25, -0.2) is 4.98 Å². The molecule has 35 heavy (non-hydrogen) atoms. The molecule has 8 heteroatoms. The van der Waals surface area contributed by atoms with Gasteiger partial charge in [0, 0.05) is 29.9 Å². The minimum absolute atomic E-state index is 0.195. The number of methoxy groups -OCH3 is 2. The van der Waals surface area contributed by atoms with Gasteiger partial charge < -0.3 is 23.7 Å². The normalized spacial score (nSPS) is 10.9. The highest BCUT2D eigenvalue weighted by molar-refractivity contribution is 7.98. The quantitative estimate of drug-likeness (QED) is 0.287. The second kappa shape index (κ2) is 10.7. The van der Waals surface area contributed by atoms with E-state index in [0.29, 0.717) is 35.9 Å². The summed E-state index contributed by atoms with van der Waals surface area (Å²) in [4.78, 5) is 23.7. The summed E-state index contributed by atoms with van der Waals surface area (Å²) in [6, 6.07) is 17.2. The fourth-order valence-electron chi connectivity index (χ4n) is 3.96. The Balaban J connectivity index is 1.78. The van der Waals surface area contributed by atoms with E-state index >= 15 is 0 Å². The van der Waals surface area contributed by atoms with E-state index < -0.39 is 0 Å².